The van der Waals surface area contributed by atoms with Crippen molar-refractivity contribution in [3.05, 3.63) is 62.6 Å². The second-order valence-electron chi connectivity index (χ2n) is 4.00. The van der Waals surface area contributed by atoms with E-state index in [-0.39, 0.29) is 21.7 Å². The summed E-state index contributed by atoms with van der Waals surface area (Å²) in [6.07, 6.45) is -4.48. The summed E-state index contributed by atoms with van der Waals surface area (Å²) in [4.78, 5) is 10.2. The first-order chi connectivity index (χ1) is 9.77. The van der Waals surface area contributed by atoms with E-state index in [0.717, 1.165) is 18.2 Å². The lowest BCUT2D eigenvalue weighted by atomic mass is 10.2. The lowest BCUT2D eigenvalue weighted by Crippen LogP contribution is -2.04. The molecule has 0 fully saturated rings. The lowest BCUT2D eigenvalue weighted by molar-refractivity contribution is -0.385. The fourth-order valence-corrected chi connectivity index (χ4v) is 1.96. The van der Waals surface area contributed by atoms with Crippen LogP contribution in [-0.4, -0.2) is 4.92 Å². The van der Waals surface area contributed by atoms with E-state index in [2.05, 4.69) is 15.9 Å². The summed E-state index contributed by atoms with van der Waals surface area (Å²) >= 11 is 3.01. The summed E-state index contributed by atoms with van der Waals surface area (Å²) < 4.78 is 43.2. The van der Waals surface area contributed by atoms with E-state index >= 15 is 0 Å². The Kier molecular flexibility index (Phi) is 4.17. The SMILES string of the molecule is O=[N+]([O-])c1cc(Oc2cccc(C(F)(F)F)c2)ccc1Br. The van der Waals surface area contributed by atoms with E-state index in [0.29, 0.717) is 0 Å². The van der Waals surface area contributed by atoms with Crippen LogP contribution in [0.1, 0.15) is 5.56 Å². The lowest BCUT2D eigenvalue weighted by Gasteiger charge is -2.10. The van der Waals surface area contributed by atoms with Crippen LogP contribution in [0.4, 0.5) is 18.9 Å². The van der Waals surface area contributed by atoms with Crippen molar-refractivity contribution < 1.29 is 22.8 Å². The van der Waals surface area contributed by atoms with Gasteiger partial charge in [-0.2, -0.15) is 13.2 Å². The van der Waals surface area contributed by atoms with Crippen LogP contribution < -0.4 is 4.74 Å². The number of hydrogen-bond donors (Lipinski definition) is 0. The van der Waals surface area contributed by atoms with E-state index in [1.165, 1.54) is 24.3 Å². The third kappa shape index (κ3) is 3.72. The second-order valence-corrected chi connectivity index (χ2v) is 4.85. The van der Waals surface area contributed by atoms with Gasteiger partial charge in [-0.25, -0.2) is 0 Å². The molecule has 0 aliphatic heterocycles. The van der Waals surface area contributed by atoms with Gasteiger partial charge in [-0.05, 0) is 46.3 Å². The molecule has 8 heteroatoms. The first kappa shape index (κ1) is 15.3. The zero-order chi connectivity index (χ0) is 15.6. The van der Waals surface area contributed by atoms with Crippen LogP contribution in [0.5, 0.6) is 11.5 Å². The van der Waals surface area contributed by atoms with Crippen LogP contribution in [0.25, 0.3) is 0 Å². The molecule has 0 heterocycles. The van der Waals surface area contributed by atoms with Crippen molar-refractivity contribution in [3.63, 3.8) is 0 Å². The van der Waals surface area contributed by atoms with Crippen LogP contribution in [0.2, 0.25) is 0 Å². The molecule has 0 aliphatic carbocycles. The van der Waals surface area contributed by atoms with Crippen molar-refractivity contribution in [2.45, 2.75) is 6.18 Å². The maximum atomic E-state index is 12.6. The van der Waals surface area contributed by atoms with Gasteiger partial charge in [-0.15, -0.1) is 0 Å². The van der Waals surface area contributed by atoms with E-state index in [1.807, 2.05) is 0 Å². The number of nitro groups is 1. The molecule has 4 nitrogen and oxygen atoms in total. The van der Waals surface area contributed by atoms with Crippen LogP contribution >= 0.6 is 15.9 Å². The highest BCUT2D eigenvalue weighted by Crippen LogP contribution is 2.34. The van der Waals surface area contributed by atoms with Gasteiger partial charge in [-0.3, -0.25) is 10.1 Å². The number of ether oxygens (including phenoxy) is 1. The molecule has 0 saturated heterocycles. The third-order valence-electron chi connectivity index (χ3n) is 2.51. The molecule has 2 rings (SSSR count). The summed E-state index contributed by atoms with van der Waals surface area (Å²) in [6.45, 7) is 0. The van der Waals surface area contributed by atoms with E-state index in [1.54, 1.807) is 0 Å². The number of rotatable bonds is 3. The standard InChI is InChI=1S/C13H7BrF3NO3/c14-11-5-4-10(7-12(11)18(19)20)21-9-3-1-2-8(6-9)13(15,16)17/h1-7H. The minimum Gasteiger partial charge on any atom is -0.457 e. The van der Waals surface area contributed by atoms with Gasteiger partial charge >= 0.3 is 6.18 Å². The molecule has 2 aromatic rings. The highest BCUT2D eigenvalue weighted by Gasteiger charge is 2.30. The molecule has 0 N–H and O–H groups in total. The number of hydrogen-bond acceptors (Lipinski definition) is 3. The van der Waals surface area contributed by atoms with Gasteiger partial charge in [0.15, 0.2) is 0 Å². The molecule has 0 atom stereocenters. The van der Waals surface area contributed by atoms with Crippen LogP contribution in [-0.2, 0) is 6.18 Å². The van der Waals surface area contributed by atoms with E-state index in [4.69, 9.17) is 4.74 Å². The molecule has 0 radical (unpaired) electrons. The molecule has 0 aromatic heterocycles. The Hall–Kier alpha value is -2.09. The van der Waals surface area contributed by atoms with Crippen LogP contribution in [0.3, 0.4) is 0 Å². The Balaban J connectivity index is 2.31. The molecule has 2 aromatic carbocycles. The van der Waals surface area contributed by atoms with Crippen molar-refractivity contribution >= 4 is 21.6 Å². The molecule has 21 heavy (non-hydrogen) atoms. The van der Waals surface area contributed by atoms with Gasteiger partial charge in [0.05, 0.1) is 21.0 Å². The molecule has 0 spiro atoms. The topological polar surface area (TPSA) is 52.4 Å². The van der Waals surface area contributed by atoms with E-state index < -0.39 is 16.7 Å². The molecule has 0 saturated carbocycles. The largest absolute Gasteiger partial charge is 0.457 e. The minimum absolute atomic E-state index is 0.0542. The monoisotopic (exact) mass is 361 g/mol. The Labute approximate surface area is 125 Å². The van der Waals surface area contributed by atoms with Gasteiger partial charge in [0.25, 0.3) is 5.69 Å². The molecular formula is C13H7BrF3NO3. The summed E-state index contributed by atoms with van der Waals surface area (Å²) in [5.74, 6) is 0.0191. The third-order valence-corrected chi connectivity index (χ3v) is 3.18. The molecule has 0 bridgehead atoms. The first-order valence-electron chi connectivity index (χ1n) is 5.56. The smallest absolute Gasteiger partial charge is 0.416 e. The maximum absolute atomic E-state index is 12.6. The van der Waals surface area contributed by atoms with Gasteiger partial charge in [-0.1, -0.05) is 6.07 Å². The summed E-state index contributed by atoms with van der Waals surface area (Å²) in [7, 11) is 0. The molecule has 110 valence electrons. The zero-order valence-corrected chi connectivity index (χ0v) is 11.8. The Morgan fingerprint density at radius 1 is 1.10 bits per heavy atom. The maximum Gasteiger partial charge on any atom is 0.416 e. The summed E-state index contributed by atoms with van der Waals surface area (Å²) in [6, 6.07) is 8.21. The van der Waals surface area contributed by atoms with Crippen molar-refractivity contribution in [1.29, 1.82) is 0 Å². The van der Waals surface area contributed by atoms with Crippen LogP contribution in [0, 0.1) is 10.1 Å². The molecule has 0 amide bonds. The molecule has 0 aliphatic rings. The van der Waals surface area contributed by atoms with Crippen molar-refractivity contribution in [2.75, 3.05) is 0 Å². The quantitative estimate of drug-likeness (QED) is 0.559. The Morgan fingerprint density at radius 3 is 2.38 bits per heavy atom. The minimum atomic E-state index is -4.48. The van der Waals surface area contributed by atoms with E-state index in [9.17, 15) is 23.3 Å². The van der Waals surface area contributed by atoms with Crippen LogP contribution in [0.15, 0.2) is 46.9 Å². The number of nitro benzene ring substituents is 1. The van der Waals surface area contributed by atoms with Gasteiger partial charge in [0.2, 0.25) is 0 Å². The summed E-state index contributed by atoms with van der Waals surface area (Å²) in [5, 5.41) is 10.8. The average molecular weight is 362 g/mol. The summed E-state index contributed by atoms with van der Waals surface area (Å²) in [5.41, 5.74) is -1.09. The second kappa shape index (κ2) is 5.72. The predicted octanol–water partition coefficient (Wildman–Crippen LogP) is 5.17. The zero-order valence-electron chi connectivity index (χ0n) is 10.2. The highest BCUT2D eigenvalue weighted by molar-refractivity contribution is 9.10. The normalized spacial score (nSPS) is 11.2. The Bertz CT molecular complexity index is 689. The van der Waals surface area contributed by atoms with Gasteiger partial charge in [0, 0.05) is 0 Å². The van der Waals surface area contributed by atoms with Crippen molar-refractivity contribution in [2.24, 2.45) is 0 Å². The van der Waals surface area contributed by atoms with Gasteiger partial charge in [0.1, 0.15) is 11.5 Å². The first-order valence-corrected chi connectivity index (χ1v) is 6.36. The molecular weight excluding hydrogens is 355 g/mol. The predicted molar refractivity (Wildman–Crippen MR) is 72.3 cm³/mol. The number of nitrogens with zero attached hydrogens (tertiary/aromatic N) is 1. The number of benzene rings is 2. The van der Waals surface area contributed by atoms with Gasteiger partial charge < -0.3 is 4.74 Å². The fourth-order valence-electron chi connectivity index (χ4n) is 1.57. The number of alkyl halides is 3. The molecule has 0 unspecified atom stereocenters. The highest BCUT2D eigenvalue weighted by atomic mass is 79.9. The fraction of sp³-hybridized carbons (Fsp3) is 0.0769. The average Bonchev–Trinajstić information content (AvgIpc) is 2.40. The van der Waals surface area contributed by atoms with Crippen molar-refractivity contribution in [1.82, 2.24) is 0 Å². The van der Waals surface area contributed by atoms with Crippen molar-refractivity contribution in [3.8, 4) is 11.5 Å². The Morgan fingerprint density at radius 2 is 1.76 bits per heavy atom. The number of halogens is 4.